The quantitative estimate of drug-likeness (QED) is 0.637. The summed E-state index contributed by atoms with van der Waals surface area (Å²) in [5.41, 5.74) is 0. The Hall–Kier alpha value is -1.30. The summed E-state index contributed by atoms with van der Waals surface area (Å²) in [6.07, 6.45) is 0.831. The Morgan fingerprint density at radius 3 is 2.11 bits per heavy atom. The van der Waals surface area contributed by atoms with Gasteiger partial charge in [0.15, 0.2) is 17.4 Å². The molecule has 108 valence electrons. The SMILES string of the molecule is CCC(C)C(COc1c(F)c(F)cc(F)c1F)NC. The third-order valence-electron chi connectivity index (χ3n) is 3.18. The fourth-order valence-electron chi connectivity index (χ4n) is 1.67. The van der Waals surface area contributed by atoms with Gasteiger partial charge in [0, 0.05) is 12.1 Å². The number of halogens is 4. The summed E-state index contributed by atoms with van der Waals surface area (Å²) >= 11 is 0. The lowest BCUT2D eigenvalue weighted by Crippen LogP contribution is -2.37. The Kier molecular flexibility index (Phi) is 5.60. The van der Waals surface area contributed by atoms with Crippen LogP contribution in [0.25, 0.3) is 0 Å². The predicted molar refractivity (Wildman–Crippen MR) is 64.1 cm³/mol. The smallest absolute Gasteiger partial charge is 0.203 e. The van der Waals surface area contributed by atoms with Crippen molar-refractivity contribution < 1.29 is 22.3 Å². The van der Waals surface area contributed by atoms with Crippen LogP contribution in [0.4, 0.5) is 17.6 Å². The molecule has 0 radical (unpaired) electrons. The molecule has 6 heteroatoms. The van der Waals surface area contributed by atoms with Crippen LogP contribution in [0.3, 0.4) is 0 Å². The first-order valence-electron chi connectivity index (χ1n) is 6.05. The van der Waals surface area contributed by atoms with Crippen molar-refractivity contribution in [3.63, 3.8) is 0 Å². The molecule has 0 spiro atoms. The Morgan fingerprint density at radius 1 is 1.16 bits per heavy atom. The molecule has 0 aromatic heterocycles. The monoisotopic (exact) mass is 279 g/mol. The second kappa shape index (κ2) is 6.75. The lowest BCUT2D eigenvalue weighted by Gasteiger charge is -2.22. The van der Waals surface area contributed by atoms with Gasteiger partial charge in [-0.2, -0.15) is 8.78 Å². The van der Waals surface area contributed by atoms with Gasteiger partial charge in [-0.25, -0.2) is 8.78 Å². The molecule has 2 nitrogen and oxygen atoms in total. The highest BCUT2D eigenvalue weighted by Gasteiger charge is 2.22. The van der Waals surface area contributed by atoms with Gasteiger partial charge in [-0.05, 0) is 13.0 Å². The van der Waals surface area contributed by atoms with Crippen molar-refractivity contribution in [2.24, 2.45) is 5.92 Å². The molecular weight excluding hydrogens is 262 g/mol. The summed E-state index contributed by atoms with van der Waals surface area (Å²) in [7, 11) is 1.68. The molecule has 1 aromatic carbocycles. The largest absolute Gasteiger partial charge is 0.486 e. The summed E-state index contributed by atoms with van der Waals surface area (Å²) in [5, 5.41) is 2.93. The van der Waals surface area contributed by atoms with E-state index in [1.165, 1.54) is 0 Å². The molecule has 0 heterocycles. The molecule has 1 aromatic rings. The molecule has 1 N–H and O–H groups in total. The van der Waals surface area contributed by atoms with E-state index >= 15 is 0 Å². The van der Waals surface area contributed by atoms with E-state index in [0.29, 0.717) is 0 Å². The molecular formula is C13H17F4NO. The normalized spacial score (nSPS) is 14.3. The summed E-state index contributed by atoms with van der Waals surface area (Å²) in [4.78, 5) is 0. The van der Waals surface area contributed by atoms with Crippen molar-refractivity contribution in [2.45, 2.75) is 26.3 Å². The van der Waals surface area contributed by atoms with Crippen LogP contribution in [0.15, 0.2) is 6.07 Å². The average Bonchev–Trinajstić information content (AvgIpc) is 2.40. The third-order valence-corrected chi connectivity index (χ3v) is 3.18. The molecule has 0 aliphatic heterocycles. The van der Waals surface area contributed by atoms with Crippen molar-refractivity contribution in [3.05, 3.63) is 29.3 Å². The third kappa shape index (κ3) is 3.59. The summed E-state index contributed by atoms with van der Waals surface area (Å²) in [6.45, 7) is 3.81. The van der Waals surface area contributed by atoms with Crippen molar-refractivity contribution in [3.8, 4) is 5.75 Å². The highest BCUT2D eigenvalue weighted by Crippen LogP contribution is 2.26. The van der Waals surface area contributed by atoms with Crippen LogP contribution < -0.4 is 10.1 Å². The van der Waals surface area contributed by atoms with Crippen LogP contribution in [0.1, 0.15) is 20.3 Å². The van der Waals surface area contributed by atoms with E-state index in [9.17, 15) is 17.6 Å². The lowest BCUT2D eigenvalue weighted by molar-refractivity contribution is 0.207. The van der Waals surface area contributed by atoms with Gasteiger partial charge in [0.2, 0.25) is 11.6 Å². The van der Waals surface area contributed by atoms with Gasteiger partial charge in [0.05, 0.1) is 0 Å². The number of rotatable bonds is 6. The molecule has 19 heavy (non-hydrogen) atoms. The zero-order valence-corrected chi connectivity index (χ0v) is 11.1. The first-order chi connectivity index (χ1) is 8.92. The lowest BCUT2D eigenvalue weighted by atomic mass is 10.0. The molecule has 0 bridgehead atoms. The summed E-state index contributed by atoms with van der Waals surface area (Å²) < 4.78 is 57.6. The fourth-order valence-corrected chi connectivity index (χ4v) is 1.67. The standard InChI is InChI=1S/C13H17F4NO/c1-4-7(2)10(18-3)6-19-13-11(16)8(14)5-9(15)12(13)17/h5,7,10,18H,4,6H2,1-3H3. The minimum Gasteiger partial charge on any atom is -0.486 e. The maximum atomic E-state index is 13.4. The molecule has 0 aliphatic carbocycles. The minimum absolute atomic E-state index is 0.0811. The van der Waals surface area contributed by atoms with E-state index in [2.05, 4.69) is 5.32 Å². The van der Waals surface area contributed by atoms with E-state index in [1.807, 2.05) is 13.8 Å². The molecule has 2 unspecified atom stereocenters. The van der Waals surface area contributed by atoms with Crippen LogP contribution in [0.5, 0.6) is 5.75 Å². The van der Waals surface area contributed by atoms with Crippen molar-refractivity contribution in [1.82, 2.24) is 5.32 Å². The Labute approximate surface area is 109 Å². The van der Waals surface area contributed by atoms with Crippen LogP contribution in [0, 0.1) is 29.2 Å². The predicted octanol–water partition coefficient (Wildman–Crippen LogP) is 3.26. The van der Waals surface area contributed by atoms with Gasteiger partial charge >= 0.3 is 0 Å². The number of nitrogens with one attached hydrogen (secondary N) is 1. The molecule has 2 atom stereocenters. The average molecular weight is 279 g/mol. The maximum absolute atomic E-state index is 13.4. The maximum Gasteiger partial charge on any atom is 0.203 e. The van der Waals surface area contributed by atoms with Gasteiger partial charge < -0.3 is 10.1 Å². The number of ether oxygens (including phenoxy) is 1. The summed E-state index contributed by atoms with van der Waals surface area (Å²) in [5.74, 6) is -6.80. The second-order valence-corrected chi connectivity index (χ2v) is 4.39. The van der Waals surface area contributed by atoms with E-state index in [4.69, 9.17) is 4.74 Å². The first-order valence-corrected chi connectivity index (χ1v) is 6.05. The van der Waals surface area contributed by atoms with E-state index < -0.39 is 29.0 Å². The topological polar surface area (TPSA) is 21.3 Å². The molecule has 0 amide bonds. The Morgan fingerprint density at radius 2 is 1.68 bits per heavy atom. The highest BCUT2D eigenvalue weighted by atomic mass is 19.2. The van der Waals surface area contributed by atoms with Crippen molar-refractivity contribution >= 4 is 0 Å². The summed E-state index contributed by atoms with van der Waals surface area (Å²) in [6, 6.07) is -0.0167. The van der Waals surface area contributed by atoms with Crippen molar-refractivity contribution in [2.75, 3.05) is 13.7 Å². The second-order valence-electron chi connectivity index (χ2n) is 4.39. The fraction of sp³-hybridized carbons (Fsp3) is 0.538. The number of hydrogen-bond donors (Lipinski definition) is 1. The Balaban J connectivity index is 2.88. The van der Waals surface area contributed by atoms with Gasteiger partial charge in [-0.1, -0.05) is 20.3 Å². The minimum atomic E-state index is -1.52. The van der Waals surface area contributed by atoms with Crippen molar-refractivity contribution in [1.29, 1.82) is 0 Å². The van der Waals surface area contributed by atoms with Crippen LogP contribution >= 0.6 is 0 Å². The van der Waals surface area contributed by atoms with Gasteiger partial charge in [-0.3, -0.25) is 0 Å². The van der Waals surface area contributed by atoms with Gasteiger partial charge in [-0.15, -0.1) is 0 Å². The van der Waals surface area contributed by atoms with Gasteiger partial charge in [0.25, 0.3) is 0 Å². The van der Waals surface area contributed by atoms with E-state index in [-0.39, 0.29) is 24.6 Å². The van der Waals surface area contributed by atoms with Crippen LogP contribution in [-0.4, -0.2) is 19.7 Å². The first kappa shape index (κ1) is 15.8. The highest BCUT2D eigenvalue weighted by molar-refractivity contribution is 5.28. The Bertz CT molecular complexity index is 413. The number of hydrogen-bond acceptors (Lipinski definition) is 2. The van der Waals surface area contributed by atoms with E-state index in [0.717, 1.165) is 6.42 Å². The molecule has 0 saturated heterocycles. The van der Waals surface area contributed by atoms with Crippen LogP contribution in [0.2, 0.25) is 0 Å². The molecule has 1 rings (SSSR count). The zero-order chi connectivity index (χ0) is 14.6. The number of benzene rings is 1. The molecule has 0 saturated carbocycles. The zero-order valence-electron chi connectivity index (χ0n) is 11.1. The van der Waals surface area contributed by atoms with Gasteiger partial charge in [0.1, 0.15) is 6.61 Å². The number of likely N-dealkylation sites (N-methyl/N-ethyl adjacent to an activating group) is 1. The molecule has 0 aliphatic rings. The van der Waals surface area contributed by atoms with E-state index in [1.54, 1.807) is 7.05 Å². The molecule has 0 fully saturated rings. The van der Waals surface area contributed by atoms with Crippen LogP contribution in [-0.2, 0) is 0 Å².